The highest BCUT2D eigenvalue weighted by molar-refractivity contribution is 6.30. The van der Waals surface area contributed by atoms with Gasteiger partial charge in [0, 0.05) is 18.0 Å². The summed E-state index contributed by atoms with van der Waals surface area (Å²) in [4.78, 5) is 12.6. The van der Waals surface area contributed by atoms with E-state index in [2.05, 4.69) is 10.4 Å². The van der Waals surface area contributed by atoms with Crippen LogP contribution < -0.4 is 5.32 Å². The van der Waals surface area contributed by atoms with Crippen LogP contribution in [0, 0.1) is 0 Å². The predicted octanol–water partition coefficient (Wildman–Crippen LogP) is 4.21. The summed E-state index contributed by atoms with van der Waals surface area (Å²) in [5, 5.41) is 8.01. The van der Waals surface area contributed by atoms with E-state index in [0.29, 0.717) is 23.6 Å². The van der Waals surface area contributed by atoms with Gasteiger partial charge in [0.2, 0.25) is 0 Å². The van der Waals surface area contributed by atoms with Crippen LogP contribution in [0.2, 0.25) is 5.02 Å². The fourth-order valence-corrected chi connectivity index (χ4v) is 2.85. The zero-order valence-corrected chi connectivity index (χ0v) is 15.0. The van der Waals surface area contributed by atoms with Gasteiger partial charge in [0.1, 0.15) is 5.76 Å². The molecule has 0 fully saturated rings. The number of hydrogen-bond acceptors (Lipinski definition) is 3. The maximum atomic E-state index is 12.6. The van der Waals surface area contributed by atoms with Gasteiger partial charge in [-0.1, -0.05) is 25.4 Å². The molecule has 0 aliphatic heterocycles. The van der Waals surface area contributed by atoms with Crippen LogP contribution in [0.5, 0.6) is 0 Å². The average Bonchev–Trinajstić information content (AvgIpc) is 3.24. The highest BCUT2D eigenvalue weighted by atomic mass is 35.5. The average molecular weight is 358 g/mol. The van der Waals surface area contributed by atoms with Crippen LogP contribution >= 0.6 is 11.6 Å². The SMILES string of the molecule is CC(C)c1c(C(=O)NCCc2ccco2)cnn1-c1ccc(Cl)cc1. The molecule has 0 aliphatic carbocycles. The van der Waals surface area contributed by atoms with Crippen molar-refractivity contribution in [2.24, 2.45) is 0 Å². The highest BCUT2D eigenvalue weighted by Gasteiger charge is 2.20. The molecule has 6 heteroatoms. The molecule has 0 bridgehead atoms. The van der Waals surface area contributed by atoms with E-state index in [9.17, 15) is 4.79 Å². The van der Waals surface area contributed by atoms with Crippen molar-refractivity contribution in [3.05, 3.63) is 70.9 Å². The van der Waals surface area contributed by atoms with Crippen molar-refractivity contribution in [3.63, 3.8) is 0 Å². The Kier molecular flexibility index (Phi) is 5.24. The first-order valence-electron chi connectivity index (χ1n) is 8.20. The third-order valence-electron chi connectivity index (χ3n) is 3.91. The van der Waals surface area contributed by atoms with Crippen LogP contribution in [0.1, 0.15) is 41.6 Å². The van der Waals surface area contributed by atoms with Gasteiger partial charge in [0.05, 0.1) is 29.4 Å². The van der Waals surface area contributed by atoms with Crippen LogP contribution in [-0.2, 0) is 6.42 Å². The van der Waals surface area contributed by atoms with Crippen LogP contribution in [0.3, 0.4) is 0 Å². The molecule has 1 amide bonds. The molecule has 0 atom stereocenters. The van der Waals surface area contributed by atoms with Crippen molar-refractivity contribution in [3.8, 4) is 5.69 Å². The van der Waals surface area contributed by atoms with E-state index in [1.807, 2.05) is 50.2 Å². The van der Waals surface area contributed by atoms with Crippen molar-refractivity contribution in [2.75, 3.05) is 6.54 Å². The van der Waals surface area contributed by atoms with Crippen molar-refractivity contribution < 1.29 is 9.21 Å². The number of rotatable bonds is 6. The molecule has 130 valence electrons. The van der Waals surface area contributed by atoms with Gasteiger partial charge in [-0.3, -0.25) is 4.79 Å². The first-order valence-corrected chi connectivity index (χ1v) is 8.58. The summed E-state index contributed by atoms with van der Waals surface area (Å²) in [6.07, 6.45) is 3.90. The van der Waals surface area contributed by atoms with E-state index in [4.69, 9.17) is 16.0 Å². The van der Waals surface area contributed by atoms with E-state index in [0.717, 1.165) is 17.1 Å². The normalized spacial score (nSPS) is 11.0. The number of benzene rings is 1. The van der Waals surface area contributed by atoms with Gasteiger partial charge in [-0.25, -0.2) is 4.68 Å². The standard InChI is InChI=1S/C19H20ClN3O2/c1-13(2)18-17(19(24)21-10-9-16-4-3-11-25-16)12-22-23(18)15-7-5-14(20)6-8-15/h3-8,11-13H,9-10H2,1-2H3,(H,21,24). The summed E-state index contributed by atoms with van der Waals surface area (Å²) in [5.41, 5.74) is 2.34. The Morgan fingerprint density at radius 1 is 1.28 bits per heavy atom. The molecule has 0 saturated heterocycles. The molecule has 2 heterocycles. The summed E-state index contributed by atoms with van der Waals surface area (Å²) in [5.74, 6) is 0.862. The quantitative estimate of drug-likeness (QED) is 0.718. The Morgan fingerprint density at radius 2 is 2.04 bits per heavy atom. The molecule has 1 N–H and O–H groups in total. The molecule has 25 heavy (non-hydrogen) atoms. The summed E-state index contributed by atoms with van der Waals surface area (Å²) < 4.78 is 7.07. The second kappa shape index (κ2) is 7.57. The number of amides is 1. The Morgan fingerprint density at radius 3 is 2.68 bits per heavy atom. The first kappa shape index (κ1) is 17.3. The lowest BCUT2D eigenvalue weighted by Gasteiger charge is -2.13. The molecule has 2 aromatic heterocycles. The maximum Gasteiger partial charge on any atom is 0.254 e. The summed E-state index contributed by atoms with van der Waals surface area (Å²) in [6, 6.07) is 11.1. The maximum absolute atomic E-state index is 12.6. The van der Waals surface area contributed by atoms with Crippen LogP contribution in [0.15, 0.2) is 53.3 Å². The van der Waals surface area contributed by atoms with Gasteiger partial charge in [0.15, 0.2) is 0 Å². The van der Waals surface area contributed by atoms with Gasteiger partial charge >= 0.3 is 0 Å². The highest BCUT2D eigenvalue weighted by Crippen LogP contribution is 2.24. The van der Waals surface area contributed by atoms with E-state index in [-0.39, 0.29) is 11.8 Å². The minimum absolute atomic E-state index is 0.129. The zero-order valence-electron chi connectivity index (χ0n) is 14.2. The number of halogens is 1. The third-order valence-corrected chi connectivity index (χ3v) is 4.16. The van der Waals surface area contributed by atoms with Gasteiger partial charge in [-0.2, -0.15) is 5.10 Å². The first-order chi connectivity index (χ1) is 12.1. The van der Waals surface area contributed by atoms with Gasteiger partial charge in [0.25, 0.3) is 5.91 Å². The summed E-state index contributed by atoms with van der Waals surface area (Å²) in [7, 11) is 0. The topological polar surface area (TPSA) is 60.1 Å². The third kappa shape index (κ3) is 3.94. The zero-order chi connectivity index (χ0) is 17.8. The largest absolute Gasteiger partial charge is 0.469 e. The number of aromatic nitrogens is 2. The number of carbonyl (C=O) groups is 1. The summed E-state index contributed by atoms with van der Waals surface area (Å²) >= 11 is 5.96. The minimum atomic E-state index is -0.129. The van der Waals surface area contributed by atoms with E-state index in [1.165, 1.54) is 0 Å². The molecule has 0 saturated carbocycles. The number of nitrogens with zero attached hydrogens (tertiary/aromatic N) is 2. The Labute approximate surface area is 151 Å². The molecule has 0 spiro atoms. The molecule has 0 unspecified atom stereocenters. The fraction of sp³-hybridized carbons (Fsp3) is 0.263. The number of furan rings is 1. The van der Waals surface area contributed by atoms with Gasteiger partial charge < -0.3 is 9.73 Å². The molecule has 5 nitrogen and oxygen atoms in total. The molecule has 3 rings (SSSR count). The number of carbonyl (C=O) groups excluding carboxylic acids is 1. The fourth-order valence-electron chi connectivity index (χ4n) is 2.73. The Hall–Kier alpha value is -2.53. The number of hydrogen-bond donors (Lipinski definition) is 1. The van der Waals surface area contributed by atoms with Crippen LogP contribution in [-0.4, -0.2) is 22.2 Å². The molecular formula is C19H20ClN3O2. The lowest BCUT2D eigenvalue weighted by atomic mass is 10.0. The lowest BCUT2D eigenvalue weighted by Crippen LogP contribution is -2.26. The van der Waals surface area contributed by atoms with Crippen molar-refractivity contribution >= 4 is 17.5 Å². The molecule has 3 aromatic rings. The number of nitrogens with one attached hydrogen (secondary N) is 1. The minimum Gasteiger partial charge on any atom is -0.469 e. The van der Waals surface area contributed by atoms with Crippen LogP contribution in [0.4, 0.5) is 0 Å². The molecular weight excluding hydrogens is 338 g/mol. The smallest absolute Gasteiger partial charge is 0.254 e. The second-order valence-corrected chi connectivity index (χ2v) is 6.51. The second-order valence-electron chi connectivity index (χ2n) is 6.07. The van der Waals surface area contributed by atoms with E-state index >= 15 is 0 Å². The predicted molar refractivity (Wildman–Crippen MR) is 97.4 cm³/mol. The Balaban J connectivity index is 1.78. The molecule has 0 aliphatic rings. The van der Waals surface area contributed by atoms with E-state index in [1.54, 1.807) is 17.1 Å². The lowest BCUT2D eigenvalue weighted by molar-refractivity contribution is 0.0952. The van der Waals surface area contributed by atoms with E-state index < -0.39 is 0 Å². The Bertz CT molecular complexity index is 836. The van der Waals surface area contributed by atoms with Crippen molar-refractivity contribution in [2.45, 2.75) is 26.2 Å². The summed E-state index contributed by atoms with van der Waals surface area (Å²) in [6.45, 7) is 4.60. The molecule has 1 aromatic carbocycles. The molecule has 0 radical (unpaired) electrons. The van der Waals surface area contributed by atoms with Crippen molar-refractivity contribution in [1.82, 2.24) is 15.1 Å². The van der Waals surface area contributed by atoms with Gasteiger partial charge in [-0.05, 0) is 42.3 Å². The van der Waals surface area contributed by atoms with Crippen LogP contribution in [0.25, 0.3) is 5.69 Å². The van der Waals surface area contributed by atoms with Gasteiger partial charge in [-0.15, -0.1) is 0 Å². The monoisotopic (exact) mass is 357 g/mol. The van der Waals surface area contributed by atoms with Crippen molar-refractivity contribution in [1.29, 1.82) is 0 Å².